The predicted molar refractivity (Wildman–Crippen MR) is 245 cm³/mol. The highest BCUT2D eigenvalue weighted by Crippen LogP contribution is 2.31. The molecule has 4 saturated heterocycles. The van der Waals surface area contributed by atoms with Crippen LogP contribution in [-0.2, 0) is 38.0 Å². The molecule has 3 N–H and O–H groups in total. The van der Waals surface area contributed by atoms with E-state index in [2.05, 4.69) is 46.4 Å². The van der Waals surface area contributed by atoms with E-state index in [-0.39, 0.29) is 37.9 Å². The SMILES string of the molecule is CC(C)(C)OC(=O)N1CCC2(CC1)NC(=O)N(C(=O)OC(C)(C)C)C2=O.CC(C)(C)OC(=O)N1CCC2(CC1)NC(=O)NC2=O.CC(C)(C)OC(=O)OC(=O)OC(C)(C)C.CCN(CC)CC. The molecule has 0 atom stereocenters. The normalized spacial score (nSPS) is 17.9. The molecule has 0 aromatic heterocycles. The summed E-state index contributed by atoms with van der Waals surface area (Å²) in [5.41, 5.74) is -5.41. The summed E-state index contributed by atoms with van der Waals surface area (Å²) in [6, 6.07) is -1.26. The molecular weight excluding hydrogens is 879 g/mol. The van der Waals surface area contributed by atoms with Gasteiger partial charge in [0, 0.05) is 26.2 Å². The Morgan fingerprint density at radius 1 is 0.507 bits per heavy atom. The number of likely N-dealkylation sites (tertiary alicyclic amines) is 2. The Balaban J connectivity index is 0.000000484. The van der Waals surface area contributed by atoms with Gasteiger partial charge in [-0.2, -0.15) is 4.90 Å². The van der Waals surface area contributed by atoms with Gasteiger partial charge >= 0.3 is 42.7 Å². The van der Waals surface area contributed by atoms with Crippen molar-refractivity contribution in [3.05, 3.63) is 0 Å². The van der Waals surface area contributed by atoms with Gasteiger partial charge in [0.05, 0.1) is 0 Å². The molecule has 0 radical (unpaired) electrons. The third kappa shape index (κ3) is 21.0. The Morgan fingerprint density at radius 3 is 1.12 bits per heavy atom. The number of imide groups is 4. The van der Waals surface area contributed by atoms with Crippen LogP contribution in [0.25, 0.3) is 0 Å². The van der Waals surface area contributed by atoms with Crippen molar-refractivity contribution < 1.29 is 71.6 Å². The second-order valence-electron chi connectivity index (χ2n) is 21.2. The zero-order valence-corrected chi connectivity index (χ0v) is 43.2. The summed E-state index contributed by atoms with van der Waals surface area (Å²) in [7, 11) is 0. The smallest absolute Gasteiger partial charge is 0.444 e. The van der Waals surface area contributed by atoms with Crippen molar-refractivity contribution in [3.63, 3.8) is 0 Å². The summed E-state index contributed by atoms with van der Waals surface area (Å²) in [5.74, 6) is -0.943. The van der Waals surface area contributed by atoms with Gasteiger partial charge in [0.1, 0.15) is 39.1 Å². The van der Waals surface area contributed by atoms with Gasteiger partial charge in [-0.15, -0.1) is 0 Å². The van der Waals surface area contributed by atoms with E-state index < -0.39 is 81.5 Å². The fraction of sp³-hybridized carbons (Fsp3) is 0.800. The summed E-state index contributed by atoms with van der Waals surface area (Å²) in [5, 5.41) is 7.49. The number of nitrogens with one attached hydrogen (secondary N) is 3. The third-order valence-corrected chi connectivity index (χ3v) is 9.58. The molecule has 0 aromatic carbocycles. The zero-order chi connectivity index (χ0) is 52.1. The van der Waals surface area contributed by atoms with Crippen molar-refractivity contribution in [3.8, 4) is 0 Å². The standard InChI is InChI=1S/C17H27N3O6.C12H19N3O4.C10H18O5.C6H15N/c1-15(2,3)25-13(23)19-9-7-17(8-10-19)11(21)20(12(22)18-17)14(24)26-16(4,5)6;1-11(2,3)19-10(18)15-6-4-12(5-7-15)8(16)13-9(17)14-12;1-9(2,3)14-7(11)13-8(12)15-10(4,5)6;1-4-7(5-2)6-3/h7-10H2,1-6H3,(H,18,22);4-7H2,1-3H3,(H2,13,14,16,17);1-6H3;4-6H2,1-3H3. The second kappa shape index (κ2) is 23.5. The van der Waals surface area contributed by atoms with Gasteiger partial charge in [0.25, 0.3) is 11.8 Å². The molecule has 0 aromatic rings. The second-order valence-corrected chi connectivity index (χ2v) is 21.2. The van der Waals surface area contributed by atoms with Crippen molar-refractivity contribution in [2.75, 3.05) is 45.8 Å². The lowest BCUT2D eigenvalue weighted by atomic mass is 9.87. The van der Waals surface area contributed by atoms with Crippen LogP contribution < -0.4 is 16.0 Å². The molecule has 4 rings (SSSR count). The van der Waals surface area contributed by atoms with Crippen molar-refractivity contribution in [1.29, 1.82) is 0 Å². The number of carbonyl (C=O) groups is 9. The fourth-order valence-electron chi connectivity index (χ4n) is 6.39. The molecule has 0 bridgehead atoms. The van der Waals surface area contributed by atoms with Gasteiger partial charge in [-0.3, -0.25) is 14.9 Å². The molecule has 22 heteroatoms. The maximum atomic E-state index is 12.7. The van der Waals surface area contributed by atoms with Crippen molar-refractivity contribution in [1.82, 2.24) is 35.6 Å². The molecular formula is C45H79N7O15. The van der Waals surface area contributed by atoms with Gasteiger partial charge in [0.15, 0.2) is 0 Å². The first-order valence-electron chi connectivity index (χ1n) is 22.7. The molecule has 0 unspecified atom stereocenters. The van der Waals surface area contributed by atoms with Crippen LogP contribution in [0.15, 0.2) is 0 Å². The quantitative estimate of drug-likeness (QED) is 0.111. The minimum Gasteiger partial charge on any atom is -0.444 e. The van der Waals surface area contributed by atoms with Crippen molar-refractivity contribution in [2.45, 2.75) is 189 Å². The molecule has 9 amide bonds. The molecule has 22 nitrogen and oxygen atoms in total. The number of carbonyl (C=O) groups excluding carboxylic acids is 9. The average molecular weight is 958 g/mol. The molecule has 0 saturated carbocycles. The molecule has 4 heterocycles. The number of hydrogen-bond donors (Lipinski definition) is 3. The van der Waals surface area contributed by atoms with E-state index in [1.165, 1.54) is 24.5 Å². The first kappa shape index (κ1) is 59.6. The Morgan fingerprint density at radius 2 is 0.836 bits per heavy atom. The highest BCUT2D eigenvalue weighted by atomic mass is 16.8. The minimum atomic E-state index is -1.19. The lowest BCUT2D eigenvalue weighted by Gasteiger charge is -2.37. The van der Waals surface area contributed by atoms with Crippen LogP contribution in [0.4, 0.5) is 33.6 Å². The number of hydrogen-bond acceptors (Lipinski definition) is 16. The van der Waals surface area contributed by atoms with Crippen LogP contribution >= 0.6 is 0 Å². The summed E-state index contributed by atoms with van der Waals surface area (Å²) >= 11 is 0. The number of amides is 9. The number of rotatable bonds is 3. The Hall–Kier alpha value is -5.41. The minimum absolute atomic E-state index is 0.204. The van der Waals surface area contributed by atoms with E-state index >= 15 is 0 Å². The van der Waals surface area contributed by atoms with Gasteiger partial charge in [0.2, 0.25) is 0 Å². The topological polar surface area (TPSA) is 258 Å². The van der Waals surface area contributed by atoms with Crippen LogP contribution in [-0.4, -0.2) is 159 Å². The number of ether oxygens (including phenoxy) is 6. The molecule has 2 spiro atoms. The van der Waals surface area contributed by atoms with E-state index in [4.69, 9.17) is 23.7 Å². The van der Waals surface area contributed by atoms with Gasteiger partial charge in [-0.1, -0.05) is 20.8 Å². The lowest BCUT2D eigenvalue weighted by Crippen LogP contribution is -2.56. The molecule has 4 aliphatic heterocycles. The Labute approximate surface area is 396 Å². The summed E-state index contributed by atoms with van der Waals surface area (Å²) in [4.78, 5) is 112. The van der Waals surface area contributed by atoms with Gasteiger partial charge < -0.3 is 53.8 Å². The largest absolute Gasteiger partial charge is 0.519 e. The number of piperidine rings is 2. The van der Waals surface area contributed by atoms with E-state index in [0.29, 0.717) is 30.8 Å². The first-order chi connectivity index (χ1) is 30.3. The van der Waals surface area contributed by atoms with Crippen LogP contribution in [0.5, 0.6) is 0 Å². The molecule has 0 aliphatic carbocycles. The van der Waals surface area contributed by atoms with Gasteiger partial charge in [-0.25, -0.2) is 33.6 Å². The van der Waals surface area contributed by atoms with E-state index in [1.54, 1.807) is 109 Å². The average Bonchev–Trinajstić information content (AvgIpc) is 3.54. The summed E-state index contributed by atoms with van der Waals surface area (Å²) in [6.45, 7) is 37.1. The molecule has 4 fully saturated rings. The summed E-state index contributed by atoms with van der Waals surface area (Å²) in [6.07, 6.45) is -2.74. The van der Waals surface area contributed by atoms with Crippen LogP contribution in [0.3, 0.4) is 0 Å². The van der Waals surface area contributed by atoms with Crippen LogP contribution in [0.2, 0.25) is 0 Å². The Bertz CT molecular complexity index is 1730. The summed E-state index contributed by atoms with van der Waals surface area (Å²) < 4.78 is 29.5. The van der Waals surface area contributed by atoms with E-state index in [0.717, 1.165) is 0 Å². The van der Waals surface area contributed by atoms with Crippen LogP contribution in [0.1, 0.15) is 150 Å². The lowest BCUT2D eigenvalue weighted by molar-refractivity contribution is -0.132. The monoisotopic (exact) mass is 958 g/mol. The maximum absolute atomic E-state index is 12.7. The van der Waals surface area contributed by atoms with E-state index in [1.807, 2.05) is 0 Å². The molecule has 67 heavy (non-hydrogen) atoms. The zero-order valence-electron chi connectivity index (χ0n) is 43.2. The molecule has 384 valence electrons. The Kier molecular flexibility index (Phi) is 20.9. The highest BCUT2D eigenvalue weighted by molar-refractivity contribution is 6.17. The first-order valence-corrected chi connectivity index (χ1v) is 22.7. The number of urea groups is 2. The number of nitrogens with zero attached hydrogens (tertiary/aromatic N) is 4. The predicted octanol–water partition coefficient (Wildman–Crippen LogP) is 7.06. The van der Waals surface area contributed by atoms with Crippen LogP contribution in [0, 0.1) is 0 Å². The highest BCUT2D eigenvalue weighted by Gasteiger charge is 2.56. The van der Waals surface area contributed by atoms with Crippen molar-refractivity contribution in [2.24, 2.45) is 0 Å². The van der Waals surface area contributed by atoms with Crippen molar-refractivity contribution >= 4 is 54.5 Å². The molecule has 4 aliphatic rings. The maximum Gasteiger partial charge on any atom is 0.519 e. The van der Waals surface area contributed by atoms with E-state index in [9.17, 15) is 43.2 Å². The van der Waals surface area contributed by atoms with Gasteiger partial charge in [-0.05, 0) is 149 Å². The fourth-order valence-corrected chi connectivity index (χ4v) is 6.39. The third-order valence-electron chi connectivity index (χ3n) is 9.58.